The topological polar surface area (TPSA) is 75.5 Å². The lowest BCUT2D eigenvalue weighted by molar-refractivity contribution is -0.149. The highest BCUT2D eigenvalue weighted by molar-refractivity contribution is 5.86. The zero-order chi connectivity index (χ0) is 18.9. The molecule has 1 aromatic heterocycles. The standard InChI is InChI=1S/C20H28N4O3/c25-17(14-22-11-5-10-21-19(22)27)23-13-9-20(15-23)8-4-12-24(18(20)26)16-6-2-1-3-7-16/h5,10-11,16H,1-4,6-9,12-15H2. The molecule has 0 aromatic carbocycles. The number of hydrogen-bond donors (Lipinski definition) is 0. The Labute approximate surface area is 159 Å². The third kappa shape index (κ3) is 3.51. The average Bonchev–Trinajstić information content (AvgIpc) is 3.12. The maximum Gasteiger partial charge on any atom is 0.347 e. The number of hydrogen-bond acceptors (Lipinski definition) is 4. The summed E-state index contributed by atoms with van der Waals surface area (Å²) in [6.07, 6.45) is 11.6. The van der Waals surface area contributed by atoms with E-state index in [1.54, 1.807) is 17.2 Å². The number of carbonyl (C=O) groups is 2. The van der Waals surface area contributed by atoms with E-state index in [0.717, 1.165) is 38.6 Å². The van der Waals surface area contributed by atoms with Crippen LogP contribution in [0.2, 0.25) is 0 Å². The van der Waals surface area contributed by atoms with Gasteiger partial charge in [-0.25, -0.2) is 9.78 Å². The van der Waals surface area contributed by atoms with Gasteiger partial charge >= 0.3 is 5.69 Å². The van der Waals surface area contributed by atoms with E-state index >= 15 is 0 Å². The van der Waals surface area contributed by atoms with Crippen molar-refractivity contribution in [1.82, 2.24) is 19.4 Å². The fraction of sp³-hybridized carbons (Fsp3) is 0.700. The van der Waals surface area contributed by atoms with Crippen LogP contribution in [0.1, 0.15) is 51.4 Å². The third-order valence-corrected chi connectivity index (χ3v) is 6.58. The lowest BCUT2D eigenvalue weighted by Crippen LogP contribution is -2.54. The zero-order valence-electron chi connectivity index (χ0n) is 15.8. The monoisotopic (exact) mass is 372 g/mol. The van der Waals surface area contributed by atoms with Gasteiger partial charge < -0.3 is 9.80 Å². The van der Waals surface area contributed by atoms with E-state index in [1.165, 1.54) is 30.0 Å². The second-order valence-electron chi connectivity index (χ2n) is 8.27. The molecule has 1 unspecified atom stereocenters. The van der Waals surface area contributed by atoms with Crippen LogP contribution in [0.25, 0.3) is 0 Å². The first-order chi connectivity index (χ1) is 13.1. The highest BCUT2D eigenvalue weighted by atomic mass is 16.2. The van der Waals surface area contributed by atoms with Gasteiger partial charge in [0.2, 0.25) is 11.8 Å². The summed E-state index contributed by atoms with van der Waals surface area (Å²) in [5, 5.41) is 0. The Balaban J connectivity index is 1.44. The first-order valence-corrected chi connectivity index (χ1v) is 10.2. The number of carbonyl (C=O) groups excluding carboxylic acids is 2. The number of rotatable bonds is 3. The predicted molar refractivity (Wildman–Crippen MR) is 99.9 cm³/mol. The molecular weight excluding hydrogens is 344 g/mol. The molecule has 4 rings (SSSR count). The molecule has 1 atom stereocenters. The molecule has 2 amide bonds. The number of piperidine rings is 1. The fourth-order valence-corrected chi connectivity index (χ4v) is 5.06. The number of amides is 2. The minimum absolute atomic E-state index is 0.0106. The van der Waals surface area contributed by atoms with Gasteiger partial charge in [-0.3, -0.25) is 14.2 Å². The van der Waals surface area contributed by atoms with Crippen LogP contribution in [0, 0.1) is 5.41 Å². The molecule has 0 N–H and O–H groups in total. The van der Waals surface area contributed by atoms with Crippen molar-refractivity contribution in [2.24, 2.45) is 5.41 Å². The van der Waals surface area contributed by atoms with Gasteiger partial charge in [0.25, 0.3) is 0 Å². The van der Waals surface area contributed by atoms with Crippen molar-refractivity contribution >= 4 is 11.8 Å². The van der Waals surface area contributed by atoms with E-state index in [0.29, 0.717) is 19.1 Å². The summed E-state index contributed by atoms with van der Waals surface area (Å²) < 4.78 is 1.32. The second kappa shape index (κ2) is 7.44. The van der Waals surface area contributed by atoms with Gasteiger partial charge in [-0.2, -0.15) is 0 Å². The summed E-state index contributed by atoms with van der Waals surface area (Å²) in [7, 11) is 0. The highest BCUT2D eigenvalue weighted by Gasteiger charge is 2.50. The summed E-state index contributed by atoms with van der Waals surface area (Å²) >= 11 is 0. The number of aromatic nitrogens is 2. The molecule has 3 aliphatic rings. The van der Waals surface area contributed by atoms with E-state index in [4.69, 9.17) is 0 Å². The van der Waals surface area contributed by atoms with Gasteiger partial charge in [0, 0.05) is 38.1 Å². The Morgan fingerprint density at radius 2 is 1.93 bits per heavy atom. The molecule has 3 heterocycles. The predicted octanol–water partition coefficient (Wildman–Crippen LogP) is 1.42. The van der Waals surface area contributed by atoms with Crippen molar-refractivity contribution in [2.75, 3.05) is 19.6 Å². The van der Waals surface area contributed by atoms with Crippen LogP contribution in [0.4, 0.5) is 0 Å². The van der Waals surface area contributed by atoms with Gasteiger partial charge in [-0.15, -0.1) is 0 Å². The molecule has 146 valence electrons. The van der Waals surface area contributed by atoms with Crippen LogP contribution in [0.5, 0.6) is 0 Å². The fourth-order valence-electron chi connectivity index (χ4n) is 5.06. The van der Waals surface area contributed by atoms with Crippen LogP contribution in [0.3, 0.4) is 0 Å². The molecule has 3 fully saturated rings. The summed E-state index contributed by atoms with van der Waals surface area (Å²) in [5.41, 5.74) is -0.831. The molecule has 2 aliphatic heterocycles. The van der Waals surface area contributed by atoms with Gasteiger partial charge in [0.15, 0.2) is 0 Å². The number of nitrogens with zero attached hydrogens (tertiary/aromatic N) is 4. The molecule has 1 aliphatic carbocycles. The molecule has 7 nitrogen and oxygen atoms in total. The second-order valence-corrected chi connectivity index (χ2v) is 8.27. The molecular formula is C20H28N4O3. The summed E-state index contributed by atoms with van der Waals surface area (Å²) in [4.78, 5) is 45.4. The van der Waals surface area contributed by atoms with Crippen LogP contribution < -0.4 is 5.69 Å². The molecule has 1 saturated carbocycles. The lowest BCUT2D eigenvalue weighted by atomic mass is 9.77. The molecule has 27 heavy (non-hydrogen) atoms. The van der Waals surface area contributed by atoms with Gasteiger partial charge in [-0.1, -0.05) is 19.3 Å². The van der Waals surface area contributed by atoms with Crippen molar-refractivity contribution in [2.45, 2.75) is 64.0 Å². The van der Waals surface area contributed by atoms with E-state index in [2.05, 4.69) is 9.88 Å². The zero-order valence-corrected chi connectivity index (χ0v) is 15.8. The summed E-state index contributed by atoms with van der Waals surface area (Å²) in [6.45, 7) is 1.94. The maximum absolute atomic E-state index is 13.4. The van der Waals surface area contributed by atoms with E-state index in [-0.39, 0.29) is 18.4 Å². The Morgan fingerprint density at radius 1 is 1.11 bits per heavy atom. The molecule has 2 saturated heterocycles. The van der Waals surface area contributed by atoms with Crippen molar-refractivity contribution in [3.8, 4) is 0 Å². The Hall–Kier alpha value is -2.18. The SMILES string of the molecule is O=C(Cn1cccnc1=O)N1CCC2(CCCN(C3CCCCC3)C2=O)C1. The minimum Gasteiger partial charge on any atom is -0.340 e. The normalized spacial score (nSPS) is 26.7. The van der Waals surface area contributed by atoms with Crippen LogP contribution in [0.15, 0.2) is 23.3 Å². The van der Waals surface area contributed by atoms with Crippen LogP contribution in [-0.2, 0) is 16.1 Å². The Kier molecular flexibility index (Phi) is 5.02. The Morgan fingerprint density at radius 3 is 2.70 bits per heavy atom. The maximum atomic E-state index is 13.4. The van der Waals surface area contributed by atoms with Gasteiger partial charge in [-0.05, 0) is 38.2 Å². The molecule has 1 spiro atoms. The quantitative estimate of drug-likeness (QED) is 0.804. The lowest BCUT2D eigenvalue weighted by Gasteiger charge is -2.44. The van der Waals surface area contributed by atoms with E-state index in [1.807, 2.05) is 0 Å². The van der Waals surface area contributed by atoms with Crippen molar-refractivity contribution in [3.63, 3.8) is 0 Å². The average molecular weight is 372 g/mol. The molecule has 0 bridgehead atoms. The summed E-state index contributed by atoms with van der Waals surface area (Å²) in [5.74, 6) is 0.152. The first-order valence-electron chi connectivity index (χ1n) is 10.2. The van der Waals surface area contributed by atoms with Crippen LogP contribution >= 0.6 is 0 Å². The minimum atomic E-state index is -0.419. The van der Waals surface area contributed by atoms with E-state index in [9.17, 15) is 14.4 Å². The Bertz CT molecular complexity index is 770. The summed E-state index contributed by atoms with van der Waals surface area (Å²) in [6, 6.07) is 2.04. The molecule has 1 aromatic rings. The number of likely N-dealkylation sites (tertiary alicyclic amines) is 2. The molecule has 0 radical (unpaired) electrons. The first kappa shape index (κ1) is 18.2. The largest absolute Gasteiger partial charge is 0.347 e. The van der Waals surface area contributed by atoms with Crippen LogP contribution in [-0.4, -0.2) is 56.8 Å². The van der Waals surface area contributed by atoms with Gasteiger partial charge in [0.1, 0.15) is 6.54 Å². The third-order valence-electron chi connectivity index (χ3n) is 6.58. The van der Waals surface area contributed by atoms with Crippen molar-refractivity contribution in [3.05, 3.63) is 28.9 Å². The smallest absolute Gasteiger partial charge is 0.340 e. The van der Waals surface area contributed by atoms with Crippen molar-refractivity contribution < 1.29 is 9.59 Å². The van der Waals surface area contributed by atoms with E-state index < -0.39 is 11.1 Å². The van der Waals surface area contributed by atoms with Gasteiger partial charge in [0.05, 0.1) is 5.41 Å². The van der Waals surface area contributed by atoms with Crippen molar-refractivity contribution in [1.29, 1.82) is 0 Å². The highest BCUT2D eigenvalue weighted by Crippen LogP contribution is 2.42. The molecule has 7 heteroatoms.